The molecule has 0 saturated heterocycles. The molecule has 2 unspecified atom stereocenters. The molecule has 1 N–H and O–H groups in total. The number of hydrogen-bond acceptors (Lipinski definition) is 3. The molecule has 3 nitrogen and oxygen atoms in total. The summed E-state index contributed by atoms with van der Waals surface area (Å²) in [6.45, 7) is 10.5. The lowest BCUT2D eigenvalue weighted by Crippen LogP contribution is -2.39. The Balaban J connectivity index is 2.85. The van der Waals surface area contributed by atoms with Crippen LogP contribution >= 0.6 is 0 Å². The molecule has 2 atom stereocenters. The van der Waals surface area contributed by atoms with E-state index in [4.69, 9.17) is 4.74 Å². The average Bonchev–Trinajstić information content (AvgIpc) is 2.44. The van der Waals surface area contributed by atoms with E-state index in [1.54, 1.807) is 0 Å². The SMILES string of the molecule is CCOc1ccccc1C(CN(C)C(C)C(C)C)NC. The Morgan fingerprint density at radius 2 is 1.85 bits per heavy atom. The monoisotopic (exact) mass is 278 g/mol. The molecule has 0 aliphatic carbocycles. The van der Waals surface area contributed by atoms with E-state index in [2.05, 4.69) is 56.2 Å². The highest BCUT2D eigenvalue weighted by atomic mass is 16.5. The number of ether oxygens (including phenoxy) is 1. The molecule has 0 radical (unpaired) electrons. The van der Waals surface area contributed by atoms with Gasteiger partial charge in [-0.3, -0.25) is 0 Å². The van der Waals surface area contributed by atoms with Crippen molar-refractivity contribution < 1.29 is 4.74 Å². The molecule has 0 spiro atoms. The van der Waals surface area contributed by atoms with Crippen LogP contribution in [-0.4, -0.2) is 38.2 Å². The van der Waals surface area contributed by atoms with E-state index in [0.29, 0.717) is 18.6 Å². The van der Waals surface area contributed by atoms with Gasteiger partial charge in [-0.2, -0.15) is 0 Å². The summed E-state index contributed by atoms with van der Waals surface area (Å²) in [7, 11) is 4.21. The van der Waals surface area contributed by atoms with Crippen LogP contribution in [0.3, 0.4) is 0 Å². The van der Waals surface area contributed by atoms with Gasteiger partial charge < -0.3 is 15.0 Å². The average molecular weight is 278 g/mol. The highest BCUT2D eigenvalue weighted by Crippen LogP contribution is 2.26. The van der Waals surface area contributed by atoms with E-state index < -0.39 is 0 Å². The highest BCUT2D eigenvalue weighted by Gasteiger charge is 2.20. The third-order valence-corrected chi connectivity index (χ3v) is 4.07. The minimum Gasteiger partial charge on any atom is -0.494 e. The van der Waals surface area contributed by atoms with Gasteiger partial charge in [-0.25, -0.2) is 0 Å². The molecule has 0 amide bonds. The summed E-state index contributed by atoms with van der Waals surface area (Å²) in [5.41, 5.74) is 1.24. The Hall–Kier alpha value is -1.06. The number of benzene rings is 1. The summed E-state index contributed by atoms with van der Waals surface area (Å²) < 4.78 is 5.75. The summed E-state index contributed by atoms with van der Waals surface area (Å²) in [5.74, 6) is 1.64. The van der Waals surface area contributed by atoms with Crippen molar-refractivity contribution in [3.8, 4) is 5.75 Å². The molecule has 20 heavy (non-hydrogen) atoms. The summed E-state index contributed by atoms with van der Waals surface area (Å²) in [6, 6.07) is 9.15. The van der Waals surface area contributed by atoms with Gasteiger partial charge in [0.05, 0.1) is 6.61 Å². The Morgan fingerprint density at radius 1 is 1.20 bits per heavy atom. The van der Waals surface area contributed by atoms with Crippen molar-refractivity contribution in [2.75, 3.05) is 27.2 Å². The largest absolute Gasteiger partial charge is 0.494 e. The molecular formula is C17H30N2O. The van der Waals surface area contributed by atoms with E-state index in [0.717, 1.165) is 12.3 Å². The summed E-state index contributed by atoms with van der Waals surface area (Å²) in [5, 5.41) is 3.42. The molecule has 0 bridgehead atoms. The lowest BCUT2D eigenvalue weighted by molar-refractivity contribution is 0.189. The van der Waals surface area contributed by atoms with Crippen molar-refractivity contribution >= 4 is 0 Å². The molecule has 0 saturated carbocycles. The van der Waals surface area contributed by atoms with Crippen LogP contribution in [0, 0.1) is 5.92 Å². The maximum atomic E-state index is 5.75. The second-order valence-electron chi connectivity index (χ2n) is 5.74. The predicted octanol–water partition coefficient (Wildman–Crippen LogP) is 3.32. The zero-order valence-electron chi connectivity index (χ0n) is 13.8. The number of nitrogens with one attached hydrogen (secondary N) is 1. The Bertz CT molecular complexity index is 392. The van der Waals surface area contributed by atoms with E-state index >= 15 is 0 Å². The standard InChI is InChI=1S/C17H30N2O/c1-7-20-17-11-9-8-10-15(17)16(18-5)12-19(6)14(4)13(2)3/h8-11,13-14,16,18H,7,12H2,1-6H3. The molecule has 1 aromatic carbocycles. The quantitative estimate of drug-likeness (QED) is 0.789. The first-order chi connectivity index (χ1) is 9.51. The normalized spacial score (nSPS) is 14.6. The van der Waals surface area contributed by atoms with Gasteiger partial charge in [0.2, 0.25) is 0 Å². The van der Waals surface area contributed by atoms with E-state index in [-0.39, 0.29) is 6.04 Å². The van der Waals surface area contributed by atoms with Crippen LogP contribution in [0.15, 0.2) is 24.3 Å². The second kappa shape index (κ2) is 8.28. The lowest BCUT2D eigenvalue weighted by Gasteiger charge is -2.32. The van der Waals surface area contributed by atoms with Gasteiger partial charge in [-0.05, 0) is 39.9 Å². The van der Waals surface area contributed by atoms with Gasteiger partial charge in [-0.1, -0.05) is 32.0 Å². The number of para-hydroxylation sites is 1. The maximum Gasteiger partial charge on any atom is 0.124 e. The minimum atomic E-state index is 0.281. The van der Waals surface area contributed by atoms with E-state index in [1.807, 2.05) is 20.0 Å². The maximum absolute atomic E-state index is 5.75. The third-order valence-electron chi connectivity index (χ3n) is 4.07. The van der Waals surface area contributed by atoms with Crippen LogP contribution in [0.4, 0.5) is 0 Å². The third kappa shape index (κ3) is 4.50. The van der Waals surface area contributed by atoms with Crippen LogP contribution in [0.25, 0.3) is 0 Å². The van der Waals surface area contributed by atoms with Crippen molar-refractivity contribution in [2.45, 2.75) is 39.8 Å². The molecular weight excluding hydrogens is 248 g/mol. The zero-order valence-corrected chi connectivity index (χ0v) is 13.8. The first kappa shape index (κ1) is 17.0. The minimum absolute atomic E-state index is 0.281. The number of rotatable bonds is 8. The molecule has 114 valence electrons. The van der Waals surface area contributed by atoms with Crippen LogP contribution in [0.2, 0.25) is 0 Å². The number of hydrogen-bond donors (Lipinski definition) is 1. The highest BCUT2D eigenvalue weighted by molar-refractivity contribution is 5.36. The molecule has 0 aliphatic heterocycles. The predicted molar refractivity (Wildman–Crippen MR) is 86.3 cm³/mol. The molecule has 0 heterocycles. The number of nitrogens with zero attached hydrogens (tertiary/aromatic N) is 1. The Morgan fingerprint density at radius 3 is 2.40 bits per heavy atom. The summed E-state index contributed by atoms with van der Waals surface area (Å²) >= 11 is 0. The molecule has 1 aromatic rings. The van der Waals surface area contributed by atoms with Crippen molar-refractivity contribution in [1.29, 1.82) is 0 Å². The van der Waals surface area contributed by atoms with Crippen LogP contribution in [-0.2, 0) is 0 Å². The van der Waals surface area contributed by atoms with Gasteiger partial charge >= 0.3 is 0 Å². The van der Waals surface area contributed by atoms with Crippen molar-refractivity contribution in [2.24, 2.45) is 5.92 Å². The lowest BCUT2D eigenvalue weighted by atomic mass is 10.0. The van der Waals surface area contributed by atoms with Gasteiger partial charge in [0.15, 0.2) is 0 Å². The zero-order chi connectivity index (χ0) is 15.1. The van der Waals surface area contributed by atoms with Crippen molar-refractivity contribution in [3.05, 3.63) is 29.8 Å². The smallest absolute Gasteiger partial charge is 0.124 e. The van der Waals surface area contributed by atoms with Gasteiger partial charge in [0.1, 0.15) is 5.75 Å². The summed E-state index contributed by atoms with van der Waals surface area (Å²) in [4.78, 5) is 2.41. The van der Waals surface area contributed by atoms with E-state index in [1.165, 1.54) is 5.56 Å². The fourth-order valence-corrected chi connectivity index (χ4v) is 2.36. The molecule has 3 heteroatoms. The van der Waals surface area contributed by atoms with Gasteiger partial charge in [-0.15, -0.1) is 0 Å². The topological polar surface area (TPSA) is 24.5 Å². The van der Waals surface area contributed by atoms with Crippen LogP contribution < -0.4 is 10.1 Å². The van der Waals surface area contributed by atoms with Gasteiger partial charge in [0.25, 0.3) is 0 Å². The fraction of sp³-hybridized carbons (Fsp3) is 0.647. The van der Waals surface area contributed by atoms with E-state index in [9.17, 15) is 0 Å². The second-order valence-corrected chi connectivity index (χ2v) is 5.74. The number of likely N-dealkylation sites (N-methyl/N-ethyl adjacent to an activating group) is 2. The summed E-state index contributed by atoms with van der Waals surface area (Å²) in [6.07, 6.45) is 0. The molecule has 0 aliphatic rings. The first-order valence-electron chi connectivity index (χ1n) is 7.60. The van der Waals surface area contributed by atoms with Crippen LogP contribution in [0.5, 0.6) is 5.75 Å². The fourth-order valence-electron chi connectivity index (χ4n) is 2.36. The Labute approximate surface area is 124 Å². The van der Waals surface area contributed by atoms with Gasteiger partial charge in [0, 0.05) is 24.2 Å². The van der Waals surface area contributed by atoms with Crippen molar-refractivity contribution in [3.63, 3.8) is 0 Å². The molecule has 0 fully saturated rings. The Kier molecular flexibility index (Phi) is 7.03. The van der Waals surface area contributed by atoms with Crippen LogP contribution in [0.1, 0.15) is 39.3 Å². The molecule has 1 rings (SSSR count). The first-order valence-corrected chi connectivity index (χ1v) is 7.60. The van der Waals surface area contributed by atoms with Crippen molar-refractivity contribution in [1.82, 2.24) is 10.2 Å². The molecule has 0 aromatic heterocycles.